The standard InChI is InChI=1S/C24H16N2.C13H12O2S.C12H7F3O2.C12H8N2.2Eu/c1-3-7-17(8-4-1)19-13-15-25-23-21(19)11-12-22-20(14-16-26-24(22)23)18-9-5-2-6-10-18;1-8-6-9(2)12(14)10(7-8)13(15)11-4-3-5-16-11;13-12(14,15)11(17)9-6-5-7-3-1-2-4-8(7)10(9)16;1-3-9-5-6-10-4-2-8-14-12(10)11(9)13-7-1;;/h1-16H;3-7,14H,1-2H3;1-6,16H;1-8H;;. The van der Waals surface area contributed by atoms with Gasteiger partial charge in [0.05, 0.1) is 38.1 Å². The minimum atomic E-state index is -4.99. The summed E-state index contributed by atoms with van der Waals surface area (Å²) in [5, 5.41) is 26.7. The number of rotatable bonds is 5. The molecule has 0 saturated carbocycles. The number of nitrogens with zero attached hydrogens (tertiary/aromatic N) is 4. The Morgan fingerprint density at radius 2 is 0.960 bits per heavy atom. The van der Waals surface area contributed by atoms with E-state index in [0.717, 1.165) is 60.8 Å². The molecule has 5 aromatic heterocycles. The van der Waals surface area contributed by atoms with Gasteiger partial charge in [-0.15, -0.1) is 11.3 Å². The average Bonchev–Trinajstić information content (AvgIpc) is 3.98. The van der Waals surface area contributed by atoms with E-state index in [9.17, 15) is 33.0 Å². The Morgan fingerprint density at radius 3 is 1.48 bits per heavy atom. The van der Waals surface area contributed by atoms with Crippen molar-refractivity contribution in [1.29, 1.82) is 0 Å². The molecule has 12 rings (SSSR count). The molecule has 14 heteroatoms. The molecule has 8 nitrogen and oxygen atoms in total. The third-order valence-corrected chi connectivity index (χ3v) is 12.8. The number of alkyl halides is 3. The van der Waals surface area contributed by atoms with Crippen molar-refractivity contribution in [3.05, 3.63) is 239 Å². The Bertz CT molecular complexity index is 3810. The van der Waals surface area contributed by atoms with Gasteiger partial charge in [-0.1, -0.05) is 140 Å². The normalized spacial score (nSPS) is 10.7. The minimum absolute atomic E-state index is 0. The molecule has 2 radical (unpaired) electrons. The van der Waals surface area contributed by atoms with Gasteiger partial charge in [-0.25, -0.2) is 0 Å². The van der Waals surface area contributed by atoms with Gasteiger partial charge >= 0.3 is 6.18 Å². The second-order valence-corrected chi connectivity index (χ2v) is 17.8. The van der Waals surface area contributed by atoms with Gasteiger partial charge in [0, 0.05) is 150 Å². The summed E-state index contributed by atoms with van der Waals surface area (Å²) < 4.78 is 36.8. The van der Waals surface area contributed by atoms with Crippen LogP contribution in [0.25, 0.3) is 76.6 Å². The van der Waals surface area contributed by atoms with E-state index in [1.54, 1.807) is 49.6 Å². The second kappa shape index (κ2) is 25.7. The monoisotopic (exact) mass is 1290 g/mol. The SMILES string of the molecule is Cc1cc(C)c(O)c(C(=O)c2cccs2)c1.O=C(c1ccc2ccccc2c1O)C(F)(F)F.[Eu].[Eu].c1ccc(-c2ccnc3c2ccc2c(-c4ccccc4)ccnc23)cc1.c1cnc2c(c1)ccc1cccnc12. The molecule has 0 atom stereocenters. The summed E-state index contributed by atoms with van der Waals surface area (Å²) in [6, 6.07) is 57.4. The second-order valence-electron chi connectivity index (χ2n) is 16.8. The smallest absolute Gasteiger partial charge is 0.455 e. The fourth-order valence-corrected chi connectivity index (χ4v) is 9.19. The molecular weight excluding hydrogens is 1250 g/mol. The van der Waals surface area contributed by atoms with Gasteiger partial charge in [-0.05, 0) is 100 Å². The molecule has 372 valence electrons. The van der Waals surface area contributed by atoms with Crippen molar-refractivity contribution in [3.8, 4) is 33.8 Å². The molecule has 0 fully saturated rings. The van der Waals surface area contributed by atoms with Crippen LogP contribution >= 0.6 is 11.3 Å². The summed E-state index contributed by atoms with van der Waals surface area (Å²) >= 11 is 1.39. The maximum Gasteiger partial charge on any atom is 0.455 e. The Labute approximate surface area is 515 Å². The Kier molecular flexibility index (Phi) is 19.5. The molecule has 5 heterocycles. The van der Waals surface area contributed by atoms with Gasteiger partial charge in [0.2, 0.25) is 5.78 Å². The van der Waals surface area contributed by atoms with E-state index in [2.05, 4.69) is 117 Å². The predicted octanol–water partition coefficient (Wildman–Crippen LogP) is 15.5. The van der Waals surface area contributed by atoms with Crippen molar-refractivity contribution in [2.75, 3.05) is 0 Å². The van der Waals surface area contributed by atoms with Gasteiger partial charge in [-0.3, -0.25) is 29.5 Å². The van der Waals surface area contributed by atoms with Crippen LogP contribution in [0.15, 0.2) is 212 Å². The molecule has 2 N–H and O–H groups in total. The first kappa shape index (κ1) is 56.8. The molecule has 12 aromatic rings. The van der Waals surface area contributed by atoms with E-state index in [0.29, 0.717) is 15.8 Å². The van der Waals surface area contributed by atoms with Crippen molar-refractivity contribution < 1.29 is 132 Å². The van der Waals surface area contributed by atoms with E-state index >= 15 is 0 Å². The number of phenolic OH excluding ortho intramolecular Hbond substituents is 2. The molecule has 0 amide bonds. The number of carbonyl (C=O) groups excluding carboxylic acids is 2. The van der Waals surface area contributed by atoms with Gasteiger partial charge in [0.15, 0.2) is 0 Å². The molecule has 7 aromatic carbocycles. The van der Waals surface area contributed by atoms with E-state index in [1.807, 2.05) is 61.1 Å². The van der Waals surface area contributed by atoms with Gasteiger partial charge in [-0.2, -0.15) is 13.2 Å². The van der Waals surface area contributed by atoms with Crippen LogP contribution in [-0.4, -0.2) is 47.9 Å². The number of halogens is 3. The zero-order valence-electron chi connectivity index (χ0n) is 40.0. The Morgan fingerprint density at radius 1 is 0.467 bits per heavy atom. The van der Waals surface area contributed by atoms with Crippen LogP contribution in [-0.2, 0) is 0 Å². The van der Waals surface area contributed by atoms with Crippen LogP contribution in [0.5, 0.6) is 11.5 Å². The molecule has 75 heavy (non-hydrogen) atoms. The number of aryl methyl sites for hydroxylation is 2. The molecule has 0 saturated heterocycles. The fraction of sp³-hybridized carbons (Fsp3) is 0.0492. The maximum atomic E-state index is 12.3. The van der Waals surface area contributed by atoms with Crippen molar-refractivity contribution in [3.63, 3.8) is 0 Å². The molecule has 0 aliphatic carbocycles. The molecular formula is C61H43Eu2F3N4O4S. The minimum Gasteiger partial charge on any atom is -0.507 e. The quantitative estimate of drug-likeness (QED) is 0.129. The number of pyridine rings is 4. The summed E-state index contributed by atoms with van der Waals surface area (Å²) in [4.78, 5) is 41.8. The number of carbonyl (C=O) groups is 2. The van der Waals surface area contributed by atoms with Crippen molar-refractivity contribution in [2.24, 2.45) is 0 Å². The maximum absolute atomic E-state index is 12.3. The van der Waals surface area contributed by atoms with E-state index < -0.39 is 23.3 Å². The first-order valence-electron chi connectivity index (χ1n) is 22.9. The zero-order valence-corrected chi connectivity index (χ0v) is 45.7. The number of hydrogen-bond donors (Lipinski definition) is 2. The van der Waals surface area contributed by atoms with Crippen molar-refractivity contribution in [1.82, 2.24) is 19.9 Å². The average molecular weight is 1290 g/mol. The molecule has 0 aliphatic rings. The van der Waals surface area contributed by atoms with Gasteiger partial charge in [0.25, 0.3) is 5.78 Å². The fourth-order valence-electron chi connectivity index (χ4n) is 8.51. The Hall–Kier alpha value is -5.96. The number of aromatic hydroxyl groups is 2. The van der Waals surface area contributed by atoms with Crippen LogP contribution < -0.4 is 0 Å². The first-order valence-corrected chi connectivity index (χ1v) is 23.8. The van der Waals surface area contributed by atoms with Gasteiger partial charge in [0.1, 0.15) is 11.5 Å². The van der Waals surface area contributed by atoms with Crippen LogP contribution in [0.1, 0.15) is 36.7 Å². The third kappa shape index (κ3) is 13.0. The van der Waals surface area contributed by atoms with E-state index in [-0.39, 0.29) is 116 Å². The summed E-state index contributed by atoms with van der Waals surface area (Å²) in [5.74, 6) is -2.70. The van der Waals surface area contributed by atoms with E-state index in [4.69, 9.17) is 0 Å². The number of thiophene rings is 1. The zero-order chi connectivity index (χ0) is 51.1. The van der Waals surface area contributed by atoms with Crippen molar-refractivity contribution in [2.45, 2.75) is 20.0 Å². The summed E-state index contributed by atoms with van der Waals surface area (Å²) in [6.07, 6.45) is 2.37. The predicted molar refractivity (Wildman–Crippen MR) is 286 cm³/mol. The number of fused-ring (bicyclic) bond motifs is 7. The van der Waals surface area contributed by atoms with Crippen LogP contribution in [0.2, 0.25) is 0 Å². The summed E-state index contributed by atoms with van der Waals surface area (Å²) in [5.41, 5.74) is 9.98. The van der Waals surface area contributed by atoms with Crippen LogP contribution in [0, 0.1) is 113 Å². The number of ketones is 2. The molecule has 0 unspecified atom stereocenters. The largest absolute Gasteiger partial charge is 0.507 e. The van der Waals surface area contributed by atoms with Crippen LogP contribution in [0.4, 0.5) is 13.2 Å². The third-order valence-electron chi connectivity index (χ3n) is 12.0. The van der Waals surface area contributed by atoms with Gasteiger partial charge < -0.3 is 10.2 Å². The number of phenols is 2. The summed E-state index contributed by atoms with van der Waals surface area (Å²) in [6.45, 7) is 3.71. The first-order chi connectivity index (χ1) is 35.4. The number of Topliss-reactive ketones (excluding diaryl/α,β-unsaturated/α-hetero) is 1. The van der Waals surface area contributed by atoms with E-state index in [1.165, 1.54) is 45.7 Å². The molecule has 0 spiro atoms. The summed E-state index contributed by atoms with van der Waals surface area (Å²) in [7, 11) is 0. The van der Waals surface area contributed by atoms with Crippen LogP contribution in [0.3, 0.4) is 0 Å². The topological polar surface area (TPSA) is 126 Å². The van der Waals surface area contributed by atoms with Crippen molar-refractivity contribution >= 4 is 77.3 Å². The number of hydrogen-bond acceptors (Lipinski definition) is 9. The molecule has 0 bridgehead atoms. The molecule has 0 aliphatic heterocycles. The number of benzene rings is 7. The Balaban J connectivity index is 0.000000149. The number of aromatic nitrogens is 4.